The Morgan fingerprint density at radius 2 is 1.00 bits per heavy atom. The Kier molecular flexibility index (Phi) is 1360. The van der Waals surface area contributed by atoms with Crippen LogP contribution in [-0.2, 0) is 16.8 Å². The third-order valence-electron chi connectivity index (χ3n) is 0. The van der Waals surface area contributed by atoms with E-state index in [1.807, 2.05) is 0 Å². The van der Waals surface area contributed by atoms with E-state index in [4.69, 9.17) is 0 Å². The standard InChI is InChI=1S/Co.H3N.H2O.H2S/h;1H3;2*1H2. The van der Waals surface area contributed by atoms with Gasteiger partial charge in [0.25, 0.3) is 0 Å². The summed E-state index contributed by atoms with van der Waals surface area (Å²) in [7, 11) is 0. The maximum Gasteiger partial charge on any atom is 0 e. The van der Waals surface area contributed by atoms with E-state index in [0.717, 1.165) is 0 Å². The fourth-order valence-electron chi connectivity index (χ4n) is 0. The minimum absolute atomic E-state index is 0. The summed E-state index contributed by atoms with van der Waals surface area (Å²) in [4.78, 5) is 0. The molecular weight excluding hydrogens is 121 g/mol. The van der Waals surface area contributed by atoms with Crippen molar-refractivity contribution in [2.45, 2.75) is 0 Å². The van der Waals surface area contributed by atoms with Gasteiger partial charge in [-0.3, -0.25) is 0 Å². The van der Waals surface area contributed by atoms with Gasteiger partial charge in [-0.05, 0) is 0 Å². The number of hydrogen-bond acceptors (Lipinski definition) is 1. The predicted molar refractivity (Wildman–Crippen MR) is 19.0 cm³/mol. The molecule has 1 radical (unpaired) electrons. The van der Waals surface area contributed by atoms with Gasteiger partial charge in [0, 0.05) is 16.8 Å². The molecule has 33 valence electrons. The van der Waals surface area contributed by atoms with E-state index < -0.39 is 0 Å². The van der Waals surface area contributed by atoms with Gasteiger partial charge in [0.1, 0.15) is 0 Å². The molecule has 0 aromatic rings. The summed E-state index contributed by atoms with van der Waals surface area (Å²) in [6, 6.07) is 0. The first-order valence-corrected chi connectivity index (χ1v) is 0. The molecule has 0 bridgehead atoms. The van der Waals surface area contributed by atoms with Gasteiger partial charge in [-0.15, -0.1) is 0 Å². The zero-order chi connectivity index (χ0) is 0. The number of hydrogen-bond donors (Lipinski definition) is 1. The first kappa shape index (κ1) is 113. The summed E-state index contributed by atoms with van der Waals surface area (Å²) < 4.78 is 0. The molecular formula is H7CoNOS. The van der Waals surface area contributed by atoms with Crippen LogP contribution in [0.5, 0.6) is 0 Å². The van der Waals surface area contributed by atoms with Crippen LogP contribution in [0.3, 0.4) is 0 Å². The molecule has 0 aliphatic rings. The molecule has 0 unspecified atom stereocenters. The van der Waals surface area contributed by atoms with Gasteiger partial charge in [-0.25, -0.2) is 0 Å². The van der Waals surface area contributed by atoms with E-state index in [-0.39, 0.29) is 41.9 Å². The van der Waals surface area contributed by atoms with Crippen LogP contribution in [0.1, 0.15) is 0 Å². The topological polar surface area (TPSA) is 66.5 Å². The van der Waals surface area contributed by atoms with E-state index in [0.29, 0.717) is 0 Å². The fraction of sp³-hybridized carbons (Fsp3) is 0. The summed E-state index contributed by atoms with van der Waals surface area (Å²) >= 11 is 0. The van der Waals surface area contributed by atoms with E-state index in [2.05, 4.69) is 0 Å². The van der Waals surface area contributed by atoms with Crippen molar-refractivity contribution in [3.63, 3.8) is 0 Å². The van der Waals surface area contributed by atoms with Crippen molar-refractivity contribution in [1.29, 1.82) is 0 Å². The second-order valence-electron chi connectivity index (χ2n) is 0. The molecule has 0 rings (SSSR count). The Bertz CT molecular complexity index is 8.00. The average Bonchev–Trinajstić information content (AvgIpc) is 0. The Morgan fingerprint density at radius 1 is 1.00 bits per heavy atom. The van der Waals surface area contributed by atoms with Crippen LogP contribution >= 0.6 is 13.5 Å². The van der Waals surface area contributed by atoms with Crippen molar-refractivity contribution in [2.24, 2.45) is 0 Å². The van der Waals surface area contributed by atoms with Crippen molar-refractivity contribution < 1.29 is 22.3 Å². The smallest absolute Gasteiger partial charge is 0 e. The summed E-state index contributed by atoms with van der Waals surface area (Å²) in [6.45, 7) is 0. The average molecular weight is 128 g/mol. The molecule has 0 saturated heterocycles. The molecule has 5 N–H and O–H groups in total. The molecule has 0 amide bonds. The van der Waals surface area contributed by atoms with Gasteiger partial charge in [-0.1, -0.05) is 0 Å². The van der Waals surface area contributed by atoms with E-state index in [9.17, 15) is 0 Å². The minimum atomic E-state index is 0. The van der Waals surface area contributed by atoms with Gasteiger partial charge in [-0.2, -0.15) is 13.5 Å². The molecule has 4 heavy (non-hydrogen) atoms. The van der Waals surface area contributed by atoms with Crippen molar-refractivity contribution in [3.05, 3.63) is 0 Å². The SMILES string of the molecule is N.O.S.[Co]. The molecule has 0 fully saturated rings. The van der Waals surface area contributed by atoms with Crippen LogP contribution in [-0.4, -0.2) is 5.48 Å². The third-order valence-corrected chi connectivity index (χ3v) is 0. The molecule has 0 aromatic carbocycles. The van der Waals surface area contributed by atoms with Crippen LogP contribution in [0.25, 0.3) is 0 Å². The van der Waals surface area contributed by atoms with Crippen molar-refractivity contribution in [2.75, 3.05) is 0 Å². The van der Waals surface area contributed by atoms with Crippen molar-refractivity contribution in [3.8, 4) is 0 Å². The molecule has 4 heteroatoms. The summed E-state index contributed by atoms with van der Waals surface area (Å²) in [5.41, 5.74) is 0. The minimum Gasteiger partial charge on any atom is -0.412 e. The Labute approximate surface area is 42.5 Å². The molecule has 0 aliphatic carbocycles. The second kappa shape index (κ2) is 48.3. The van der Waals surface area contributed by atoms with Crippen LogP contribution in [0.4, 0.5) is 0 Å². The summed E-state index contributed by atoms with van der Waals surface area (Å²) in [5, 5.41) is 0. The molecule has 0 heterocycles. The van der Waals surface area contributed by atoms with E-state index in [1.54, 1.807) is 0 Å². The van der Waals surface area contributed by atoms with E-state index in [1.165, 1.54) is 0 Å². The van der Waals surface area contributed by atoms with E-state index >= 15 is 0 Å². The largest absolute Gasteiger partial charge is 0.412 e. The zero-order valence-electron chi connectivity index (χ0n) is 2.04. The summed E-state index contributed by atoms with van der Waals surface area (Å²) in [6.07, 6.45) is 0. The summed E-state index contributed by atoms with van der Waals surface area (Å²) in [5.74, 6) is 0. The Hall–Kier alpha value is 0.776. The third kappa shape index (κ3) is 14.5. The van der Waals surface area contributed by atoms with Gasteiger partial charge in [0.05, 0.1) is 0 Å². The van der Waals surface area contributed by atoms with Crippen molar-refractivity contribution in [1.82, 2.24) is 6.15 Å². The van der Waals surface area contributed by atoms with Gasteiger partial charge < -0.3 is 11.6 Å². The normalized spacial score (nSPS) is 0. The van der Waals surface area contributed by atoms with Crippen molar-refractivity contribution >= 4 is 13.5 Å². The second-order valence-corrected chi connectivity index (χ2v) is 0. The molecule has 0 saturated carbocycles. The quantitative estimate of drug-likeness (QED) is 0.467. The van der Waals surface area contributed by atoms with Gasteiger partial charge in [0.15, 0.2) is 0 Å². The van der Waals surface area contributed by atoms with Gasteiger partial charge in [0.2, 0.25) is 0 Å². The molecule has 0 spiro atoms. The molecule has 0 atom stereocenters. The molecule has 2 nitrogen and oxygen atoms in total. The monoisotopic (exact) mass is 128 g/mol. The fourth-order valence-corrected chi connectivity index (χ4v) is 0. The first-order valence-electron chi connectivity index (χ1n) is 0. The molecule has 0 aromatic heterocycles. The predicted octanol–water partition coefficient (Wildman–Crippen LogP) is -0.552. The zero-order valence-corrected chi connectivity index (χ0v) is 4.08. The Morgan fingerprint density at radius 3 is 1.00 bits per heavy atom. The first-order chi connectivity index (χ1) is 0. The van der Waals surface area contributed by atoms with Crippen LogP contribution < -0.4 is 6.15 Å². The molecule has 0 aliphatic heterocycles. The van der Waals surface area contributed by atoms with Crippen LogP contribution in [0, 0.1) is 0 Å². The Balaban J connectivity index is 0. The van der Waals surface area contributed by atoms with Crippen LogP contribution in [0.2, 0.25) is 0 Å². The maximum absolute atomic E-state index is 0. The van der Waals surface area contributed by atoms with Gasteiger partial charge >= 0.3 is 0 Å². The maximum atomic E-state index is 0. The number of rotatable bonds is 0. The van der Waals surface area contributed by atoms with Crippen LogP contribution in [0.15, 0.2) is 0 Å².